The molecule has 7 heteroatoms. The molecule has 1 amide bonds. The molecule has 6 nitrogen and oxygen atoms in total. The van der Waals surface area contributed by atoms with Crippen molar-refractivity contribution < 1.29 is 13.2 Å². The predicted octanol–water partition coefficient (Wildman–Crippen LogP) is 4.61. The van der Waals surface area contributed by atoms with Crippen LogP contribution in [-0.2, 0) is 33.5 Å². The van der Waals surface area contributed by atoms with Crippen LogP contribution in [0.25, 0.3) is 0 Å². The van der Waals surface area contributed by atoms with Gasteiger partial charge in [-0.1, -0.05) is 68.4 Å². The van der Waals surface area contributed by atoms with Crippen LogP contribution in [0.3, 0.4) is 0 Å². The van der Waals surface area contributed by atoms with E-state index in [2.05, 4.69) is 4.98 Å². The number of hydrogen-bond acceptors (Lipinski definition) is 4. The Labute approximate surface area is 202 Å². The van der Waals surface area contributed by atoms with E-state index in [0.29, 0.717) is 25.6 Å². The average Bonchev–Trinajstić information content (AvgIpc) is 3.54. The Morgan fingerprint density at radius 2 is 1.76 bits per heavy atom. The van der Waals surface area contributed by atoms with Gasteiger partial charge >= 0.3 is 0 Å². The number of hydrogen-bond donors (Lipinski definition) is 0. The van der Waals surface area contributed by atoms with Crippen molar-refractivity contribution in [3.8, 4) is 0 Å². The summed E-state index contributed by atoms with van der Waals surface area (Å²) >= 11 is 0. The van der Waals surface area contributed by atoms with Gasteiger partial charge in [-0.25, -0.2) is 13.4 Å². The summed E-state index contributed by atoms with van der Waals surface area (Å²) in [6.07, 6.45) is 3.91. The normalized spacial score (nSPS) is 13.9. The smallest absolute Gasteiger partial charge is 0.228 e. The number of amides is 1. The van der Waals surface area contributed by atoms with Crippen molar-refractivity contribution in [1.29, 1.82) is 0 Å². The molecular formula is C27H33N3O3S. The van der Waals surface area contributed by atoms with Crippen molar-refractivity contribution in [2.75, 3.05) is 6.54 Å². The lowest BCUT2D eigenvalue weighted by atomic mass is 10.1. The molecule has 0 spiro atoms. The van der Waals surface area contributed by atoms with Crippen molar-refractivity contribution in [2.45, 2.75) is 57.6 Å². The van der Waals surface area contributed by atoms with Gasteiger partial charge in [0.15, 0.2) is 0 Å². The number of rotatable bonds is 10. The Bertz CT molecular complexity index is 1250. The van der Waals surface area contributed by atoms with Gasteiger partial charge in [-0.2, -0.15) is 0 Å². The summed E-state index contributed by atoms with van der Waals surface area (Å²) in [5, 5.41) is 0.0537. The highest BCUT2D eigenvalue weighted by Crippen LogP contribution is 2.31. The van der Waals surface area contributed by atoms with Gasteiger partial charge in [0.1, 0.15) is 0 Å². The largest absolute Gasteiger partial charge is 0.336 e. The molecule has 1 aliphatic carbocycles. The summed E-state index contributed by atoms with van der Waals surface area (Å²) < 4.78 is 28.8. The lowest BCUT2D eigenvalue weighted by Crippen LogP contribution is -2.36. The maximum atomic E-state index is 13.5. The summed E-state index contributed by atoms with van der Waals surface area (Å²) in [5.74, 6) is 0.399. The number of carbonyl (C=O) groups is 1. The van der Waals surface area contributed by atoms with Crippen molar-refractivity contribution in [3.05, 3.63) is 83.2 Å². The molecule has 0 unspecified atom stereocenters. The zero-order valence-corrected chi connectivity index (χ0v) is 21.0. The average molecular weight is 480 g/mol. The van der Waals surface area contributed by atoms with Gasteiger partial charge in [0, 0.05) is 12.5 Å². The molecule has 0 aliphatic heterocycles. The second kappa shape index (κ2) is 10.1. The van der Waals surface area contributed by atoms with E-state index in [0.717, 1.165) is 35.2 Å². The number of aromatic nitrogens is 2. The lowest BCUT2D eigenvalue weighted by molar-refractivity contribution is -0.135. The van der Waals surface area contributed by atoms with Crippen molar-refractivity contribution in [2.24, 2.45) is 11.8 Å². The third-order valence-electron chi connectivity index (χ3n) is 6.30. The van der Waals surface area contributed by atoms with Crippen LogP contribution >= 0.6 is 0 Å². The maximum Gasteiger partial charge on any atom is 0.228 e. The number of aryl methyl sites for hydroxylation is 1. The third-order valence-corrected chi connectivity index (χ3v) is 7.88. The zero-order valence-electron chi connectivity index (χ0n) is 20.1. The molecule has 1 aliphatic rings. The first-order chi connectivity index (χ1) is 16.2. The Hall–Kier alpha value is -2.93. The summed E-state index contributed by atoms with van der Waals surface area (Å²) in [6.45, 7) is 7.17. The van der Waals surface area contributed by atoms with E-state index in [1.54, 1.807) is 10.8 Å². The van der Waals surface area contributed by atoms with Gasteiger partial charge in [-0.3, -0.25) is 4.79 Å². The summed E-state index contributed by atoms with van der Waals surface area (Å²) in [6, 6.07) is 17.3. The van der Waals surface area contributed by atoms with E-state index in [1.807, 2.05) is 80.3 Å². The van der Waals surface area contributed by atoms with E-state index in [9.17, 15) is 13.2 Å². The standard InChI is InChI=1S/C27H33N3O3S/c1-20(2)26(31)29(16-23-13-14-23)18-25-15-28-27(30(25)17-22-10-5-4-6-11-22)34(32,33)19-24-12-8-7-9-21(24)3/h4-12,15,20,23H,13-14,16-19H2,1-3H3. The SMILES string of the molecule is Cc1ccccc1CS(=O)(=O)c1ncc(CN(CC2CC2)C(=O)C(C)C)n1Cc1ccccc1. The zero-order chi connectivity index (χ0) is 24.3. The second-order valence-electron chi connectivity index (χ2n) is 9.61. The fourth-order valence-corrected chi connectivity index (χ4v) is 5.74. The number of nitrogens with zero attached hydrogens (tertiary/aromatic N) is 3. The number of imidazole rings is 1. The van der Waals surface area contributed by atoms with Gasteiger partial charge in [-0.05, 0) is 42.4 Å². The summed E-state index contributed by atoms with van der Waals surface area (Å²) in [7, 11) is -3.70. The van der Waals surface area contributed by atoms with Gasteiger partial charge in [0.2, 0.25) is 20.9 Å². The van der Waals surface area contributed by atoms with Crippen LogP contribution < -0.4 is 0 Å². The highest BCUT2D eigenvalue weighted by atomic mass is 32.2. The Morgan fingerprint density at radius 1 is 1.09 bits per heavy atom. The summed E-state index contributed by atoms with van der Waals surface area (Å²) in [5.41, 5.74) is 3.43. The molecule has 0 atom stereocenters. The molecule has 0 radical (unpaired) electrons. The number of benzene rings is 2. The minimum Gasteiger partial charge on any atom is -0.336 e. The minimum absolute atomic E-state index is 0.0537. The molecule has 0 saturated heterocycles. The highest BCUT2D eigenvalue weighted by molar-refractivity contribution is 7.90. The molecule has 0 N–H and O–H groups in total. The molecule has 0 bridgehead atoms. The van der Waals surface area contributed by atoms with Crippen LogP contribution in [0.2, 0.25) is 0 Å². The van der Waals surface area contributed by atoms with Gasteiger partial charge in [0.05, 0.1) is 30.7 Å². The quantitative estimate of drug-likeness (QED) is 0.426. The second-order valence-corrected chi connectivity index (χ2v) is 11.5. The van der Waals surface area contributed by atoms with Crippen LogP contribution in [-0.4, -0.2) is 35.3 Å². The predicted molar refractivity (Wildman–Crippen MR) is 133 cm³/mol. The highest BCUT2D eigenvalue weighted by Gasteiger charge is 2.30. The first-order valence-corrected chi connectivity index (χ1v) is 13.5. The first kappa shape index (κ1) is 24.2. The molecule has 34 heavy (non-hydrogen) atoms. The lowest BCUT2D eigenvalue weighted by Gasteiger charge is -2.25. The molecule has 1 fully saturated rings. The fraction of sp³-hybridized carbons (Fsp3) is 0.407. The third kappa shape index (κ3) is 5.76. The van der Waals surface area contributed by atoms with Crippen LogP contribution in [0.5, 0.6) is 0 Å². The topological polar surface area (TPSA) is 72.3 Å². The van der Waals surface area contributed by atoms with Gasteiger partial charge < -0.3 is 9.47 Å². The first-order valence-electron chi connectivity index (χ1n) is 11.9. The Balaban J connectivity index is 1.70. The fourth-order valence-electron chi connectivity index (χ4n) is 4.15. The van der Waals surface area contributed by atoms with E-state index in [-0.39, 0.29) is 22.7 Å². The van der Waals surface area contributed by atoms with Crippen LogP contribution in [0.15, 0.2) is 66.0 Å². The minimum atomic E-state index is -3.70. The summed E-state index contributed by atoms with van der Waals surface area (Å²) in [4.78, 5) is 19.2. The van der Waals surface area contributed by atoms with Crippen LogP contribution in [0, 0.1) is 18.8 Å². The number of carbonyl (C=O) groups excluding carboxylic acids is 1. The van der Waals surface area contributed by atoms with E-state index < -0.39 is 9.84 Å². The molecular weight excluding hydrogens is 446 g/mol. The monoisotopic (exact) mass is 479 g/mol. The van der Waals surface area contributed by atoms with Gasteiger partial charge in [-0.15, -0.1) is 0 Å². The Kier molecular flexibility index (Phi) is 7.22. The van der Waals surface area contributed by atoms with Crippen LogP contribution in [0.4, 0.5) is 0 Å². The molecule has 180 valence electrons. The number of sulfone groups is 1. The molecule has 2 aromatic carbocycles. The van der Waals surface area contributed by atoms with E-state index >= 15 is 0 Å². The molecule has 1 aromatic heterocycles. The van der Waals surface area contributed by atoms with Crippen molar-refractivity contribution in [3.63, 3.8) is 0 Å². The maximum absolute atomic E-state index is 13.5. The molecule has 1 saturated carbocycles. The van der Waals surface area contributed by atoms with Crippen LogP contribution in [0.1, 0.15) is 49.1 Å². The van der Waals surface area contributed by atoms with Crippen molar-refractivity contribution in [1.82, 2.24) is 14.5 Å². The molecule has 3 aromatic rings. The molecule has 4 rings (SSSR count). The van der Waals surface area contributed by atoms with Crippen molar-refractivity contribution >= 4 is 15.7 Å². The Morgan fingerprint density at radius 3 is 2.41 bits per heavy atom. The van der Waals surface area contributed by atoms with Gasteiger partial charge in [0.25, 0.3) is 0 Å². The van der Waals surface area contributed by atoms with E-state index in [1.165, 1.54) is 0 Å². The van der Waals surface area contributed by atoms with E-state index in [4.69, 9.17) is 0 Å². The molecule has 1 heterocycles.